The number of hydrogen-bond donors (Lipinski definition) is 2. The van der Waals surface area contributed by atoms with Gasteiger partial charge >= 0.3 is 0 Å². The van der Waals surface area contributed by atoms with E-state index in [0.29, 0.717) is 5.82 Å². The van der Waals surface area contributed by atoms with Crippen molar-refractivity contribution >= 4 is 15.8 Å². The Morgan fingerprint density at radius 2 is 2.05 bits per heavy atom. The van der Waals surface area contributed by atoms with Crippen molar-refractivity contribution in [2.45, 2.75) is 31.2 Å². The highest BCUT2D eigenvalue weighted by Gasteiger charge is 2.26. The first-order valence-electron chi connectivity index (χ1n) is 6.03. The minimum atomic E-state index is -3.59. The summed E-state index contributed by atoms with van der Waals surface area (Å²) in [7, 11) is -2.06. The average molecular weight is 287 g/mol. The van der Waals surface area contributed by atoms with E-state index in [0.717, 1.165) is 6.54 Å². The molecule has 1 aromatic rings. The van der Waals surface area contributed by atoms with Gasteiger partial charge in [0.15, 0.2) is 0 Å². The lowest BCUT2D eigenvalue weighted by Gasteiger charge is -2.24. The molecular weight excluding hydrogens is 266 g/mol. The first-order chi connectivity index (χ1) is 8.80. The Balaban J connectivity index is 2.88. The second-order valence-electron chi connectivity index (χ2n) is 4.83. The number of pyridine rings is 1. The lowest BCUT2D eigenvalue weighted by Crippen LogP contribution is -2.46. The minimum Gasteiger partial charge on any atom is -0.383 e. The SMILES string of the molecule is CCNc1ccc(S(=O)(=O)NC(C)(C)COC)cn1. The molecule has 1 heterocycles. The zero-order valence-electron chi connectivity index (χ0n) is 11.7. The zero-order chi connectivity index (χ0) is 14.5. The van der Waals surface area contributed by atoms with Crippen molar-refractivity contribution in [1.82, 2.24) is 9.71 Å². The number of hydrogen-bond acceptors (Lipinski definition) is 5. The fourth-order valence-corrected chi connectivity index (χ4v) is 2.98. The van der Waals surface area contributed by atoms with Gasteiger partial charge in [-0.05, 0) is 32.9 Å². The maximum absolute atomic E-state index is 12.2. The van der Waals surface area contributed by atoms with E-state index in [2.05, 4.69) is 15.0 Å². The van der Waals surface area contributed by atoms with Gasteiger partial charge in [-0.3, -0.25) is 0 Å². The number of anilines is 1. The summed E-state index contributed by atoms with van der Waals surface area (Å²) in [6.07, 6.45) is 1.34. The first kappa shape index (κ1) is 15.9. The number of nitrogens with one attached hydrogen (secondary N) is 2. The number of sulfonamides is 1. The van der Waals surface area contributed by atoms with Crippen LogP contribution in [0.1, 0.15) is 20.8 Å². The predicted octanol–water partition coefficient (Wildman–Crippen LogP) is 1.22. The first-order valence-corrected chi connectivity index (χ1v) is 7.52. The molecule has 0 aliphatic carbocycles. The second-order valence-corrected chi connectivity index (χ2v) is 6.51. The summed E-state index contributed by atoms with van der Waals surface area (Å²) in [4.78, 5) is 4.19. The molecule has 0 aliphatic rings. The van der Waals surface area contributed by atoms with Crippen LogP contribution in [0.25, 0.3) is 0 Å². The Morgan fingerprint density at radius 3 is 2.53 bits per heavy atom. The van der Waals surface area contributed by atoms with Crippen molar-refractivity contribution in [3.63, 3.8) is 0 Å². The van der Waals surface area contributed by atoms with E-state index in [9.17, 15) is 8.42 Å². The Labute approximate surface area is 114 Å². The summed E-state index contributed by atoms with van der Waals surface area (Å²) in [5.41, 5.74) is -0.673. The number of ether oxygens (including phenoxy) is 1. The van der Waals surface area contributed by atoms with Crippen molar-refractivity contribution < 1.29 is 13.2 Å². The summed E-state index contributed by atoms with van der Waals surface area (Å²) < 4.78 is 31.9. The van der Waals surface area contributed by atoms with Crippen molar-refractivity contribution in [3.05, 3.63) is 18.3 Å². The predicted molar refractivity (Wildman–Crippen MR) is 74.7 cm³/mol. The lowest BCUT2D eigenvalue weighted by atomic mass is 10.1. The van der Waals surface area contributed by atoms with Crippen molar-refractivity contribution in [1.29, 1.82) is 0 Å². The van der Waals surface area contributed by atoms with E-state index in [1.54, 1.807) is 19.9 Å². The van der Waals surface area contributed by atoms with Crippen LogP contribution in [-0.4, -0.2) is 39.2 Å². The standard InChI is InChI=1S/C12H21N3O3S/c1-5-13-11-7-6-10(8-14-11)19(16,17)15-12(2,3)9-18-4/h6-8,15H,5,9H2,1-4H3,(H,13,14). The van der Waals surface area contributed by atoms with Crippen LogP contribution in [0.15, 0.2) is 23.2 Å². The van der Waals surface area contributed by atoms with Gasteiger partial charge in [-0.2, -0.15) is 0 Å². The summed E-state index contributed by atoms with van der Waals surface area (Å²) >= 11 is 0. The lowest BCUT2D eigenvalue weighted by molar-refractivity contribution is 0.141. The quantitative estimate of drug-likeness (QED) is 0.788. The smallest absolute Gasteiger partial charge is 0.242 e. The molecule has 0 amide bonds. The molecule has 1 rings (SSSR count). The highest BCUT2D eigenvalue weighted by atomic mass is 32.2. The number of rotatable bonds is 7. The van der Waals surface area contributed by atoms with Gasteiger partial charge < -0.3 is 10.1 Å². The van der Waals surface area contributed by atoms with Crippen LogP contribution in [0.2, 0.25) is 0 Å². The molecule has 0 saturated heterocycles. The Hall–Kier alpha value is -1.18. The van der Waals surface area contributed by atoms with E-state index in [-0.39, 0.29) is 11.5 Å². The topological polar surface area (TPSA) is 80.3 Å². The molecular formula is C12H21N3O3S. The Kier molecular flexibility index (Phi) is 5.28. The Bertz CT molecular complexity index is 497. The third kappa shape index (κ3) is 4.77. The molecule has 108 valence electrons. The molecule has 0 spiro atoms. The van der Waals surface area contributed by atoms with Gasteiger partial charge in [-0.15, -0.1) is 0 Å². The molecule has 0 aliphatic heterocycles. The molecule has 0 aromatic carbocycles. The molecule has 0 radical (unpaired) electrons. The summed E-state index contributed by atoms with van der Waals surface area (Å²) in [6.45, 7) is 6.48. The second kappa shape index (κ2) is 6.31. The largest absolute Gasteiger partial charge is 0.383 e. The molecule has 6 nitrogen and oxygen atoms in total. The molecule has 0 unspecified atom stereocenters. The molecule has 0 bridgehead atoms. The van der Waals surface area contributed by atoms with E-state index in [4.69, 9.17) is 4.74 Å². The summed E-state index contributed by atoms with van der Waals surface area (Å²) in [5.74, 6) is 0.651. The highest BCUT2D eigenvalue weighted by molar-refractivity contribution is 7.89. The molecule has 0 atom stereocenters. The van der Waals surface area contributed by atoms with Crippen LogP contribution < -0.4 is 10.0 Å². The maximum Gasteiger partial charge on any atom is 0.242 e. The third-order valence-corrected chi connectivity index (χ3v) is 4.00. The van der Waals surface area contributed by atoms with Gasteiger partial charge in [0, 0.05) is 19.9 Å². The van der Waals surface area contributed by atoms with Gasteiger partial charge in [0.1, 0.15) is 10.7 Å². The summed E-state index contributed by atoms with van der Waals surface area (Å²) in [6, 6.07) is 3.16. The Morgan fingerprint density at radius 1 is 1.37 bits per heavy atom. The van der Waals surface area contributed by atoms with E-state index in [1.807, 2.05) is 6.92 Å². The van der Waals surface area contributed by atoms with Crippen LogP contribution in [0.4, 0.5) is 5.82 Å². The van der Waals surface area contributed by atoms with Gasteiger partial charge in [-0.25, -0.2) is 18.1 Å². The molecule has 0 saturated carbocycles. The van der Waals surface area contributed by atoms with Crippen LogP contribution in [0, 0.1) is 0 Å². The number of methoxy groups -OCH3 is 1. The van der Waals surface area contributed by atoms with E-state index in [1.165, 1.54) is 19.4 Å². The van der Waals surface area contributed by atoms with Gasteiger partial charge in [0.2, 0.25) is 10.0 Å². The average Bonchev–Trinajstić information content (AvgIpc) is 2.28. The number of aromatic nitrogens is 1. The molecule has 1 aromatic heterocycles. The minimum absolute atomic E-state index is 0.137. The van der Waals surface area contributed by atoms with Crippen LogP contribution in [0.3, 0.4) is 0 Å². The van der Waals surface area contributed by atoms with E-state index >= 15 is 0 Å². The van der Waals surface area contributed by atoms with Gasteiger partial charge in [-0.1, -0.05) is 0 Å². The molecule has 2 N–H and O–H groups in total. The van der Waals surface area contributed by atoms with Crippen molar-refractivity contribution in [3.8, 4) is 0 Å². The van der Waals surface area contributed by atoms with Crippen molar-refractivity contribution in [2.75, 3.05) is 25.6 Å². The normalized spacial score (nSPS) is 12.4. The molecule has 19 heavy (non-hydrogen) atoms. The molecule has 0 fully saturated rings. The zero-order valence-corrected chi connectivity index (χ0v) is 12.5. The van der Waals surface area contributed by atoms with Crippen molar-refractivity contribution in [2.24, 2.45) is 0 Å². The summed E-state index contributed by atoms with van der Waals surface area (Å²) in [5, 5.41) is 3.01. The third-order valence-electron chi connectivity index (χ3n) is 2.32. The fourth-order valence-electron chi connectivity index (χ4n) is 1.64. The van der Waals surface area contributed by atoms with Crippen LogP contribution in [0.5, 0.6) is 0 Å². The van der Waals surface area contributed by atoms with Crippen LogP contribution in [-0.2, 0) is 14.8 Å². The number of nitrogens with zero attached hydrogens (tertiary/aromatic N) is 1. The highest BCUT2D eigenvalue weighted by Crippen LogP contribution is 2.14. The maximum atomic E-state index is 12.2. The van der Waals surface area contributed by atoms with Gasteiger partial charge in [0.05, 0.1) is 12.1 Å². The van der Waals surface area contributed by atoms with Crippen LogP contribution >= 0.6 is 0 Å². The fraction of sp³-hybridized carbons (Fsp3) is 0.583. The monoisotopic (exact) mass is 287 g/mol. The molecule has 7 heteroatoms. The van der Waals surface area contributed by atoms with Gasteiger partial charge in [0.25, 0.3) is 0 Å². The van der Waals surface area contributed by atoms with E-state index < -0.39 is 15.6 Å².